The third-order valence-electron chi connectivity index (χ3n) is 4.33. The van der Waals surface area contributed by atoms with E-state index in [1.807, 2.05) is 60.7 Å². The number of halogens is 8. The molecule has 2 nitrogen and oxygen atoms in total. The topological polar surface area (TPSA) is 6.48 Å². The van der Waals surface area contributed by atoms with Crippen molar-refractivity contribution < 1.29 is 56.8 Å². The van der Waals surface area contributed by atoms with Gasteiger partial charge in [0.05, 0.1) is 23.3 Å². The van der Waals surface area contributed by atoms with Crippen molar-refractivity contribution in [2.24, 2.45) is 0 Å². The van der Waals surface area contributed by atoms with Crippen LogP contribution in [0.15, 0.2) is 60.7 Å². The molecule has 208 valence electrons. The van der Waals surface area contributed by atoms with Crippen molar-refractivity contribution >= 4 is 0 Å². The van der Waals surface area contributed by atoms with Crippen LogP contribution in [0.4, 0.5) is 35.1 Å². The predicted octanol–water partition coefficient (Wildman–Crippen LogP) is 7.02. The normalized spacial score (nSPS) is 10.0. The summed E-state index contributed by atoms with van der Waals surface area (Å²) in [6.45, 7) is -0.416. The molecule has 0 fully saturated rings. The third kappa shape index (κ3) is 12.7. The zero-order valence-electron chi connectivity index (χ0n) is 21.6. The molecule has 0 saturated carbocycles. The summed E-state index contributed by atoms with van der Waals surface area (Å²) in [6.07, 6.45) is 0. The van der Waals surface area contributed by atoms with Crippen molar-refractivity contribution in [3.05, 3.63) is 130 Å². The third-order valence-corrected chi connectivity index (χ3v) is 4.33. The largest absolute Gasteiger partial charge is 4.00 e. The van der Waals surface area contributed by atoms with Gasteiger partial charge in [0, 0.05) is 36.4 Å². The van der Waals surface area contributed by atoms with Gasteiger partial charge in [0.1, 0.15) is 0 Å². The van der Waals surface area contributed by atoms with Gasteiger partial charge in [0.15, 0.2) is 0 Å². The van der Waals surface area contributed by atoms with Crippen LogP contribution in [0.2, 0.25) is 0 Å². The molecular formula is C28H26F8N2Ti. The molecule has 0 atom stereocenters. The van der Waals surface area contributed by atoms with Crippen LogP contribution in [-0.4, -0.2) is 38.0 Å². The summed E-state index contributed by atoms with van der Waals surface area (Å²) in [7, 11) is 6.13. The van der Waals surface area contributed by atoms with E-state index < -0.39 is 57.7 Å². The maximum absolute atomic E-state index is 13.0. The molecule has 0 aliphatic carbocycles. The van der Waals surface area contributed by atoms with Crippen LogP contribution in [0.1, 0.15) is 11.1 Å². The molecule has 0 N–H and O–H groups in total. The molecule has 4 aromatic rings. The van der Waals surface area contributed by atoms with Gasteiger partial charge in [-0.15, -0.1) is 12.1 Å². The maximum Gasteiger partial charge on any atom is 4.00 e. The van der Waals surface area contributed by atoms with Crippen molar-refractivity contribution in [1.29, 1.82) is 0 Å². The first kappa shape index (κ1) is 36.2. The Morgan fingerprint density at radius 2 is 0.744 bits per heavy atom. The van der Waals surface area contributed by atoms with E-state index in [2.05, 4.69) is 0 Å². The molecule has 0 aliphatic rings. The molecule has 0 bridgehead atoms. The van der Waals surface area contributed by atoms with Crippen LogP contribution in [0.3, 0.4) is 0 Å². The second kappa shape index (κ2) is 18.5. The molecule has 0 aliphatic heterocycles. The summed E-state index contributed by atoms with van der Waals surface area (Å²) in [6, 6.07) is 22.6. The number of benzene rings is 2. The van der Waals surface area contributed by atoms with Gasteiger partial charge >= 0.3 is 21.7 Å². The van der Waals surface area contributed by atoms with E-state index in [4.69, 9.17) is 0 Å². The van der Waals surface area contributed by atoms with E-state index in [1.165, 1.54) is 50.1 Å². The van der Waals surface area contributed by atoms with E-state index in [0.29, 0.717) is 0 Å². The zero-order chi connectivity index (χ0) is 28.8. The number of hydrogen-bond donors (Lipinski definition) is 0. The minimum atomic E-state index is -1.50. The van der Waals surface area contributed by atoms with E-state index in [1.54, 1.807) is 0 Å². The predicted molar refractivity (Wildman–Crippen MR) is 129 cm³/mol. The first-order valence-electron chi connectivity index (χ1n) is 11.0. The molecule has 0 aromatic heterocycles. The summed E-state index contributed by atoms with van der Waals surface area (Å²) >= 11 is 0. The van der Waals surface area contributed by atoms with Gasteiger partial charge in [-0.1, -0.05) is 11.1 Å². The van der Waals surface area contributed by atoms with Crippen molar-refractivity contribution in [3.63, 3.8) is 0 Å². The summed E-state index contributed by atoms with van der Waals surface area (Å²) in [5, 5.41) is 0. The molecule has 4 aromatic carbocycles. The first-order chi connectivity index (χ1) is 17.9. The van der Waals surface area contributed by atoms with Gasteiger partial charge in [-0.05, 0) is 28.2 Å². The van der Waals surface area contributed by atoms with Gasteiger partial charge in [-0.2, -0.15) is 36.4 Å². The number of rotatable bonds is 4. The minimum absolute atomic E-state index is 0. The maximum atomic E-state index is 13.0. The molecule has 0 saturated heterocycles. The van der Waals surface area contributed by atoms with Gasteiger partial charge < -0.3 is 9.80 Å². The van der Waals surface area contributed by atoms with Crippen LogP contribution in [0.5, 0.6) is 0 Å². The number of nitrogens with zero attached hydrogens (tertiary/aromatic N) is 2. The van der Waals surface area contributed by atoms with Gasteiger partial charge in [0.2, 0.25) is 0 Å². The van der Waals surface area contributed by atoms with Crippen molar-refractivity contribution in [1.82, 2.24) is 9.80 Å². The molecule has 4 rings (SSSR count). The SMILES string of the molecule is CN(C)Cc1c(F)c(F)[c-]c(F)c1F.CN(C)Cc1c(F)c(F)[c-]c(F)c1F.[Ti+4].c1cc[cH-]c1.c1cc[cH-]c1. The monoisotopic (exact) mass is 590 g/mol. The van der Waals surface area contributed by atoms with E-state index in [9.17, 15) is 35.1 Å². The molecule has 39 heavy (non-hydrogen) atoms. The Morgan fingerprint density at radius 1 is 0.513 bits per heavy atom. The molecular weight excluding hydrogens is 564 g/mol. The average Bonchev–Trinajstić information content (AvgIpc) is 3.61. The second-order valence-electron chi connectivity index (χ2n) is 8.12. The van der Waals surface area contributed by atoms with E-state index >= 15 is 0 Å². The Labute approximate surface area is 238 Å². The zero-order valence-corrected chi connectivity index (χ0v) is 23.2. The Hall–Kier alpha value is -2.79. The minimum Gasteiger partial charge on any atom is -0.307 e. The Bertz CT molecular complexity index is 1030. The quantitative estimate of drug-likeness (QED) is 0.109. The summed E-state index contributed by atoms with van der Waals surface area (Å²) in [4.78, 5) is 2.81. The molecule has 0 heterocycles. The Balaban J connectivity index is 0.000000537. The van der Waals surface area contributed by atoms with Crippen LogP contribution < -0.4 is 0 Å². The van der Waals surface area contributed by atoms with Gasteiger partial charge in [-0.25, -0.2) is 41.8 Å². The van der Waals surface area contributed by atoms with Gasteiger partial charge in [-0.3, -0.25) is 17.6 Å². The standard InChI is InChI=1S/2C9H8F4N.2C5H5.Ti/c2*1-14(2)4-5-8(12)6(10)3-7(11)9(5)13;2*1-2-4-5-3-1;/h2*4H2,1-2H3;2*1-5H;/q4*-1;+4. The first-order valence-corrected chi connectivity index (χ1v) is 11.0. The summed E-state index contributed by atoms with van der Waals surface area (Å²) < 4.78 is 102. The smallest absolute Gasteiger partial charge is 0.307 e. The molecule has 0 unspecified atom stereocenters. The Morgan fingerprint density at radius 3 is 0.897 bits per heavy atom. The average molecular weight is 590 g/mol. The van der Waals surface area contributed by atoms with Crippen molar-refractivity contribution in [2.75, 3.05) is 28.2 Å². The van der Waals surface area contributed by atoms with Crippen LogP contribution in [0, 0.1) is 58.7 Å². The van der Waals surface area contributed by atoms with Gasteiger partial charge in [0.25, 0.3) is 0 Å². The second-order valence-corrected chi connectivity index (χ2v) is 8.12. The van der Waals surface area contributed by atoms with Crippen LogP contribution in [0.25, 0.3) is 0 Å². The van der Waals surface area contributed by atoms with Crippen LogP contribution >= 0.6 is 0 Å². The van der Waals surface area contributed by atoms with E-state index in [-0.39, 0.29) is 34.8 Å². The molecule has 0 spiro atoms. The van der Waals surface area contributed by atoms with Crippen molar-refractivity contribution in [3.8, 4) is 0 Å². The van der Waals surface area contributed by atoms with E-state index in [0.717, 1.165) is 0 Å². The fourth-order valence-corrected chi connectivity index (χ4v) is 2.69. The molecule has 0 amide bonds. The molecule has 0 radical (unpaired) electrons. The van der Waals surface area contributed by atoms with Crippen molar-refractivity contribution in [2.45, 2.75) is 13.1 Å². The van der Waals surface area contributed by atoms with Crippen LogP contribution in [-0.2, 0) is 34.8 Å². The Kier molecular flexibility index (Phi) is 17.2. The summed E-state index contributed by atoms with van der Waals surface area (Å²) in [5.41, 5.74) is -1.24. The fraction of sp³-hybridized carbons (Fsp3) is 0.214. The number of hydrogen-bond acceptors (Lipinski definition) is 2. The fourth-order valence-electron chi connectivity index (χ4n) is 2.69. The summed E-state index contributed by atoms with van der Waals surface area (Å²) in [5.74, 6) is -11.6. The molecule has 11 heteroatoms.